The predicted molar refractivity (Wildman–Crippen MR) is 107 cm³/mol. The summed E-state index contributed by atoms with van der Waals surface area (Å²) in [5.41, 5.74) is 1.49. The van der Waals surface area contributed by atoms with E-state index in [4.69, 9.17) is 4.74 Å². The number of benzene rings is 1. The highest BCUT2D eigenvalue weighted by Crippen LogP contribution is 2.14. The molecule has 8 heteroatoms. The molecule has 1 atom stereocenters. The van der Waals surface area contributed by atoms with Gasteiger partial charge in [-0.05, 0) is 31.0 Å². The highest BCUT2D eigenvalue weighted by Gasteiger charge is 2.22. The van der Waals surface area contributed by atoms with Gasteiger partial charge in [0.25, 0.3) is 0 Å². The second-order valence-electron chi connectivity index (χ2n) is 6.91. The lowest BCUT2D eigenvalue weighted by atomic mass is 10.1. The molecule has 2 N–H and O–H groups in total. The summed E-state index contributed by atoms with van der Waals surface area (Å²) in [6.45, 7) is 6.38. The van der Waals surface area contributed by atoms with Crippen LogP contribution in [0.4, 0.5) is 4.39 Å². The van der Waals surface area contributed by atoms with Gasteiger partial charge < -0.3 is 15.4 Å². The Hall–Kier alpha value is -2.48. The molecule has 0 bridgehead atoms. The van der Waals surface area contributed by atoms with Crippen LogP contribution in [0, 0.1) is 5.82 Å². The number of aromatic nitrogens is 3. The molecular formula is C20H29FN6O. The van der Waals surface area contributed by atoms with Gasteiger partial charge in [0.05, 0.1) is 19.7 Å². The average Bonchev–Trinajstić information content (AvgIpc) is 3.11. The summed E-state index contributed by atoms with van der Waals surface area (Å²) in [6.07, 6.45) is 2.74. The number of rotatable bonds is 7. The average molecular weight is 388 g/mol. The van der Waals surface area contributed by atoms with E-state index in [1.54, 1.807) is 19.2 Å². The number of aryl methyl sites for hydroxylation is 2. The minimum atomic E-state index is -0.253. The number of aliphatic imine (C=N–C) groups is 1. The number of ether oxygens (including phenoxy) is 1. The first-order valence-electron chi connectivity index (χ1n) is 9.86. The van der Waals surface area contributed by atoms with Crippen LogP contribution in [-0.4, -0.2) is 40.4 Å². The number of hydrogen-bond donors (Lipinski definition) is 2. The third-order valence-electron chi connectivity index (χ3n) is 4.73. The summed E-state index contributed by atoms with van der Waals surface area (Å²) in [5, 5.41) is 11.3. The van der Waals surface area contributed by atoms with Gasteiger partial charge in [-0.15, -0.1) is 0 Å². The van der Waals surface area contributed by atoms with E-state index in [1.165, 1.54) is 6.07 Å². The molecule has 1 aromatic carbocycles. The largest absolute Gasteiger partial charge is 0.380 e. The van der Waals surface area contributed by atoms with Crippen LogP contribution in [0.2, 0.25) is 0 Å². The quantitative estimate of drug-likeness (QED) is 0.562. The molecule has 1 aliphatic heterocycles. The van der Waals surface area contributed by atoms with Gasteiger partial charge in [0, 0.05) is 38.1 Å². The molecule has 7 nitrogen and oxygen atoms in total. The molecule has 1 unspecified atom stereocenters. The molecule has 0 saturated heterocycles. The zero-order valence-corrected chi connectivity index (χ0v) is 16.8. The van der Waals surface area contributed by atoms with Crippen LogP contribution in [0.1, 0.15) is 43.0 Å². The lowest BCUT2D eigenvalue weighted by Crippen LogP contribution is -2.47. The van der Waals surface area contributed by atoms with Crippen LogP contribution in [0.25, 0.3) is 0 Å². The van der Waals surface area contributed by atoms with Gasteiger partial charge in [-0.3, -0.25) is 0 Å². The number of hydrogen-bond acceptors (Lipinski definition) is 4. The molecule has 152 valence electrons. The summed E-state index contributed by atoms with van der Waals surface area (Å²) in [7, 11) is 1.56. The van der Waals surface area contributed by atoms with Crippen molar-refractivity contribution < 1.29 is 9.13 Å². The van der Waals surface area contributed by atoms with E-state index in [9.17, 15) is 4.39 Å². The number of fused-ring (bicyclic) bond motifs is 1. The van der Waals surface area contributed by atoms with Gasteiger partial charge in [0.1, 0.15) is 11.6 Å². The molecule has 0 spiro atoms. The predicted octanol–water partition coefficient (Wildman–Crippen LogP) is 2.20. The lowest BCUT2D eigenvalue weighted by Gasteiger charge is -2.25. The smallest absolute Gasteiger partial charge is 0.191 e. The van der Waals surface area contributed by atoms with E-state index in [1.807, 2.05) is 11.6 Å². The highest BCUT2D eigenvalue weighted by atomic mass is 19.1. The van der Waals surface area contributed by atoms with Gasteiger partial charge in [0.15, 0.2) is 11.8 Å². The van der Waals surface area contributed by atoms with Gasteiger partial charge in [0.2, 0.25) is 0 Å². The molecule has 1 aliphatic rings. The Bertz CT molecular complexity index is 819. The maximum atomic E-state index is 13.8. The molecule has 2 aromatic rings. The molecule has 0 radical (unpaired) electrons. The minimum Gasteiger partial charge on any atom is -0.380 e. The summed E-state index contributed by atoms with van der Waals surface area (Å²) in [5.74, 6) is 2.47. The number of nitrogens with one attached hydrogen (secondary N) is 2. The third-order valence-corrected chi connectivity index (χ3v) is 4.73. The maximum absolute atomic E-state index is 13.8. The molecule has 0 saturated carbocycles. The Labute approximate surface area is 165 Å². The fourth-order valence-electron chi connectivity index (χ4n) is 3.30. The summed E-state index contributed by atoms with van der Waals surface area (Å²) < 4.78 is 20.8. The van der Waals surface area contributed by atoms with E-state index in [0.717, 1.165) is 55.5 Å². The van der Waals surface area contributed by atoms with Gasteiger partial charge >= 0.3 is 0 Å². The van der Waals surface area contributed by atoms with E-state index in [0.29, 0.717) is 12.1 Å². The van der Waals surface area contributed by atoms with Crippen molar-refractivity contribution in [1.82, 2.24) is 25.4 Å². The van der Waals surface area contributed by atoms with Crippen LogP contribution in [0.3, 0.4) is 0 Å². The van der Waals surface area contributed by atoms with Crippen molar-refractivity contribution in [3.8, 4) is 0 Å². The zero-order chi connectivity index (χ0) is 19.9. The van der Waals surface area contributed by atoms with Crippen molar-refractivity contribution in [2.24, 2.45) is 4.99 Å². The third kappa shape index (κ3) is 5.07. The standard InChI is InChI=1S/C20H29FN6O/c1-4-18-25-19-9-7-16(12-27(19)26-18)24-20(22-5-2)23-11-14-6-8-17(21)15(10-14)13-28-3/h6,8,10,16H,4-5,7,9,11-13H2,1-3H3,(H2,22,23,24). The van der Waals surface area contributed by atoms with Crippen molar-refractivity contribution in [3.63, 3.8) is 0 Å². The summed E-state index contributed by atoms with van der Waals surface area (Å²) in [4.78, 5) is 9.23. The van der Waals surface area contributed by atoms with E-state index >= 15 is 0 Å². The van der Waals surface area contributed by atoms with E-state index in [-0.39, 0.29) is 18.5 Å². The molecule has 1 aromatic heterocycles. The molecule has 0 fully saturated rings. The fraction of sp³-hybridized carbons (Fsp3) is 0.550. The molecule has 2 heterocycles. The Morgan fingerprint density at radius 3 is 3.00 bits per heavy atom. The molecule has 28 heavy (non-hydrogen) atoms. The van der Waals surface area contributed by atoms with Crippen LogP contribution in [0.15, 0.2) is 23.2 Å². The summed E-state index contributed by atoms with van der Waals surface area (Å²) >= 11 is 0. The van der Waals surface area contributed by atoms with Crippen LogP contribution in [0.5, 0.6) is 0 Å². The van der Waals surface area contributed by atoms with Gasteiger partial charge in [-0.2, -0.15) is 5.10 Å². The van der Waals surface area contributed by atoms with Crippen molar-refractivity contribution in [2.75, 3.05) is 13.7 Å². The Balaban J connectivity index is 1.65. The first kappa shape index (κ1) is 20.3. The van der Waals surface area contributed by atoms with Crippen molar-refractivity contribution in [3.05, 3.63) is 46.8 Å². The minimum absolute atomic E-state index is 0.244. The Morgan fingerprint density at radius 2 is 2.25 bits per heavy atom. The fourth-order valence-corrected chi connectivity index (χ4v) is 3.30. The first-order valence-corrected chi connectivity index (χ1v) is 9.86. The number of methoxy groups -OCH3 is 1. The Morgan fingerprint density at radius 1 is 1.39 bits per heavy atom. The maximum Gasteiger partial charge on any atom is 0.191 e. The summed E-state index contributed by atoms with van der Waals surface area (Å²) in [6, 6.07) is 5.28. The monoisotopic (exact) mass is 388 g/mol. The topological polar surface area (TPSA) is 76.4 Å². The first-order chi connectivity index (χ1) is 13.6. The number of guanidine groups is 1. The number of nitrogens with zero attached hydrogens (tertiary/aromatic N) is 4. The molecular weight excluding hydrogens is 359 g/mol. The van der Waals surface area contributed by atoms with Gasteiger partial charge in [-0.1, -0.05) is 13.0 Å². The van der Waals surface area contributed by atoms with Crippen LogP contribution >= 0.6 is 0 Å². The van der Waals surface area contributed by atoms with E-state index < -0.39 is 0 Å². The van der Waals surface area contributed by atoms with Crippen LogP contribution in [-0.2, 0) is 37.3 Å². The molecule has 3 rings (SSSR count). The highest BCUT2D eigenvalue weighted by molar-refractivity contribution is 5.80. The van der Waals surface area contributed by atoms with Crippen molar-refractivity contribution in [1.29, 1.82) is 0 Å². The molecule has 0 amide bonds. The molecule has 0 aliphatic carbocycles. The zero-order valence-electron chi connectivity index (χ0n) is 16.8. The normalized spacial score (nSPS) is 16.7. The SMILES string of the molecule is CCNC(=NCc1ccc(F)c(COC)c1)NC1CCc2nc(CC)nn2C1. The van der Waals surface area contributed by atoms with Crippen molar-refractivity contribution >= 4 is 5.96 Å². The Kier molecular flexibility index (Phi) is 6.97. The lowest BCUT2D eigenvalue weighted by molar-refractivity contribution is 0.181. The second kappa shape index (κ2) is 9.64. The second-order valence-corrected chi connectivity index (χ2v) is 6.91. The number of halogens is 1. The van der Waals surface area contributed by atoms with Crippen LogP contribution < -0.4 is 10.6 Å². The van der Waals surface area contributed by atoms with Gasteiger partial charge in [-0.25, -0.2) is 19.0 Å². The van der Waals surface area contributed by atoms with Crippen molar-refractivity contribution in [2.45, 2.75) is 58.8 Å². The van der Waals surface area contributed by atoms with E-state index in [2.05, 4.69) is 32.6 Å².